The van der Waals surface area contributed by atoms with Gasteiger partial charge >= 0.3 is 24.1 Å². The minimum atomic E-state index is -1.05. The van der Waals surface area contributed by atoms with E-state index in [1.165, 1.54) is 12.4 Å². The summed E-state index contributed by atoms with van der Waals surface area (Å²) in [5, 5.41) is 25.1. The van der Waals surface area contributed by atoms with Gasteiger partial charge in [-0.15, -0.1) is 0 Å². The summed E-state index contributed by atoms with van der Waals surface area (Å²) in [7, 11) is 0. The quantitative estimate of drug-likeness (QED) is 0.111. The number of carbonyl (C=O) groups excluding carboxylic acids is 2. The van der Waals surface area contributed by atoms with Crippen LogP contribution in [0.3, 0.4) is 0 Å². The monoisotopic (exact) mass is 1030 g/mol. The van der Waals surface area contributed by atoms with E-state index in [2.05, 4.69) is 50.3 Å². The smallest absolute Gasteiger partial charge is 0.329 e. The van der Waals surface area contributed by atoms with Crippen molar-refractivity contribution in [3.05, 3.63) is 94.8 Å². The van der Waals surface area contributed by atoms with Gasteiger partial charge in [-0.3, -0.25) is 30.4 Å². The van der Waals surface area contributed by atoms with Crippen LogP contribution in [0.5, 0.6) is 12.0 Å². The number of aliphatic hydroxyl groups is 2. The molecule has 0 aliphatic carbocycles. The van der Waals surface area contributed by atoms with Crippen LogP contribution >= 0.6 is 23.2 Å². The van der Waals surface area contributed by atoms with E-state index in [4.69, 9.17) is 57.2 Å². The maximum atomic E-state index is 13.6. The summed E-state index contributed by atoms with van der Waals surface area (Å²) in [5.74, 6) is 1.02. The molecule has 0 unspecified atom stereocenters. The van der Waals surface area contributed by atoms with Gasteiger partial charge in [0.05, 0.1) is 58.1 Å². The summed E-state index contributed by atoms with van der Waals surface area (Å²) in [6.07, 6.45) is 6.74. The van der Waals surface area contributed by atoms with E-state index in [9.17, 15) is 14.7 Å². The van der Waals surface area contributed by atoms with Gasteiger partial charge < -0.3 is 39.0 Å². The lowest BCUT2D eigenvalue weighted by Crippen LogP contribution is -2.48. The molecule has 4 atom stereocenters. The number of anilines is 6. The van der Waals surface area contributed by atoms with Crippen LogP contribution in [-0.4, -0.2) is 145 Å². The Hall–Kier alpha value is -7.08. The van der Waals surface area contributed by atoms with Crippen molar-refractivity contribution < 1.29 is 38.7 Å². The molecule has 0 radical (unpaired) electrons. The first-order valence-electron chi connectivity index (χ1n) is 23.7. The highest BCUT2D eigenvalue weighted by molar-refractivity contribution is 6.34. The third-order valence-corrected chi connectivity index (χ3v) is 13.2. The van der Waals surface area contributed by atoms with Crippen LogP contribution < -0.4 is 39.7 Å². The summed E-state index contributed by atoms with van der Waals surface area (Å²) < 4.78 is 22.3. The molecule has 6 aromatic rings. The predicted octanol–water partition coefficient (Wildman–Crippen LogP) is 6.31. The van der Waals surface area contributed by atoms with E-state index in [1.54, 1.807) is 34.3 Å². The number of aryl methyl sites for hydroxylation is 2. The SMILES string of the molecule is Cc1cc(-c2nc3c(cc2Cl)N2CC[C@@H](C2)N3C(=O)Nc2ccnc(OC[C@@H](O)CO)n2)ccn1.Cc1cc(-c2nc3c(cc2Cl)N2CC[C@@H](C2)N3C(=O)Nc2ccnc(OC[C@@H]3COC(C)(C)O3)n2)ccn1. The number of urea groups is 2. The van der Waals surface area contributed by atoms with E-state index in [1.807, 2.05) is 64.1 Å². The van der Waals surface area contributed by atoms with Gasteiger partial charge in [-0.05, 0) is 89.1 Å². The summed E-state index contributed by atoms with van der Waals surface area (Å²) in [6.45, 7) is 10.6. The number of hydrogen-bond donors (Lipinski definition) is 4. The third kappa shape index (κ3) is 10.8. The second-order valence-corrected chi connectivity index (χ2v) is 19.2. The van der Waals surface area contributed by atoms with Crippen LogP contribution in [0.15, 0.2) is 73.3 Å². The number of rotatable bonds is 11. The van der Waals surface area contributed by atoms with E-state index in [-0.39, 0.29) is 61.3 Å². The average molecular weight is 1040 g/mol. The van der Waals surface area contributed by atoms with Gasteiger partial charge in [0.2, 0.25) is 0 Å². The van der Waals surface area contributed by atoms with Gasteiger partial charge in [-0.25, -0.2) is 29.5 Å². The number of halogens is 2. The first-order valence-corrected chi connectivity index (χ1v) is 24.4. The van der Waals surface area contributed by atoms with Crippen LogP contribution in [0.2, 0.25) is 10.0 Å². The standard InChI is InChI=1S/C26H28ClN7O4.C23H24ClN7O4/c1-15-10-16(4-7-28-15)22-19(27)11-20-23(32-22)34(17-6-9-33(20)12-17)25(35)31-21-5-8-29-24(30-21)36-13-18-14-37-26(2,3)38-18;1-13-8-14(2-5-25-13)20-17(24)9-18-21(29-20)31(15-4-7-30(18)10-15)23(34)28-19-3-6-26-22(27-19)35-12-16(33)11-32/h4-5,7-8,10-11,17-18H,6,9,12-14H2,1-3H3,(H,29,30,31,35);2-3,5-6,8-9,15-16,32-33H,4,7,10-12H2,1H3,(H,26,27,28,34)/t17-,18+;15-,16-/m00/s1. The largest absolute Gasteiger partial charge is 0.461 e. The fourth-order valence-electron chi connectivity index (χ4n) is 9.30. The summed E-state index contributed by atoms with van der Waals surface area (Å²) >= 11 is 13.3. The van der Waals surface area contributed by atoms with Crippen molar-refractivity contribution in [2.24, 2.45) is 0 Å². The van der Waals surface area contributed by atoms with Crippen LogP contribution in [0.25, 0.3) is 22.5 Å². The fourth-order valence-corrected chi connectivity index (χ4v) is 9.81. The molecule has 3 fully saturated rings. The number of hydrogen-bond acceptors (Lipinski definition) is 18. The number of aliphatic hydroxyl groups excluding tert-OH is 2. The topological polar surface area (TPSA) is 252 Å². The van der Waals surface area contributed by atoms with Gasteiger partial charge in [0.25, 0.3) is 0 Å². The van der Waals surface area contributed by atoms with Crippen molar-refractivity contribution in [2.75, 3.05) is 82.8 Å². The predicted molar refractivity (Wildman–Crippen MR) is 272 cm³/mol. The average Bonchev–Trinajstić information content (AvgIpc) is 4.10. The molecule has 24 heteroatoms. The third-order valence-electron chi connectivity index (χ3n) is 12.7. The Morgan fingerprint density at radius 1 is 0.740 bits per heavy atom. The molecule has 73 heavy (non-hydrogen) atoms. The van der Waals surface area contributed by atoms with E-state index < -0.39 is 18.5 Å². The van der Waals surface area contributed by atoms with Crippen LogP contribution in [0, 0.1) is 13.8 Å². The number of fused-ring (bicyclic) bond motifs is 8. The van der Waals surface area contributed by atoms with Gasteiger partial charge in [0.1, 0.15) is 37.1 Å². The summed E-state index contributed by atoms with van der Waals surface area (Å²) in [5.41, 5.74) is 6.18. The highest BCUT2D eigenvalue weighted by Crippen LogP contribution is 2.45. The molecule has 22 nitrogen and oxygen atoms in total. The van der Waals surface area contributed by atoms with E-state index in [0.29, 0.717) is 58.6 Å². The molecular formula is C49H52Cl2N14O8. The zero-order valence-corrected chi connectivity index (χ0v) is 41.8. The zero-order chi connectivity index (χ0) is 51.0. The van der Waals surface area contributed by atoms with Gasteiger partial charge in [-0.2, -0.15) is 9.97 Å². The Morgan fingerprint density at radius 3 is 1.70 bits per heavy atom. The second-order valence-electron chi connectivity index (χ2n) is 18.4. The van der Waals surface area contributed by atoms with Crippen molar-refractivity contribution >= 4 is 69.9 Å². The number of aromatic nitrogens is 8. The van der Waals surface area contributed by atoms with Crippen LogP contribution in [-0.2, 0) is 9.47 Å². The number of carbonyl (C=O) groups is 2. The molecule has 5 aliphatic heterocycles. The molecule has 5 aliphatic rings. The molecule has 4 N–H and O–H groups in total. The fraction of sp³-hybridized carbons (Fsp3) is 0.388. The molecule has 4 bridgehead atoms. The highest BCUT2D eigenvalue weighted by atomic mass is 35.5. The molecule has 380 valence electrons. The maximum Gasteiger partial charge on any atom is 0.329 e. The molecule has 0 saturated carbocycles. The second kappa shape index (κ2) is 20.8. The Balaban J connectivity index is 0.000000168. The normalized spacial score (nSPS) is 19.4. The van der Waals surface area contributed by atoms with Crippen molar-refractivity contribution in [3.63, 3.8) is 0 Å². The first kappa shape index (κ1) is 49.5. The number of pyridine rings is 4. The lowest BCUT2D eigenvalue weighted by atomic mass is 10.1. The molecule has 11 rings (SSSR count). The number of nitrogens with zero attached hydrogens (tertiary/aromatic N) is 12. The lowest BCUT2D eigenvalue weighted by molar-refractivity contribution is -0.141. The summed E-state index contributed by atoms with van der Waals surface area (Å²) in [6, 6.07) is 13.8. The Labute approximate surface area is 429 Å². The highest BCUT2D eigenvalue weighted by Gasteiger charge is 2.43. The van der Waals surface area contributed by atoms with Crippen LogP contribution in [0.4, 0.5) is 44.2 Å². The van der Waals surface area contributed by atoms with E-state index in [0.717, 1.165) is 59.8 Å². The first-order chi connectivity index (χ1) is 35.2. The molecule has 0 spiro atoms. The molecule has 3 saturated heterocycles. The number of ether oxygens (including phenoxy) is 4. The van der Waals surface area contributed by atoms with Crippen molar-refractivity contribution in [1.29, 1.82) is 0 Å². The lowest BCUT2D eigenvalue weighted by Gasteiger charge is -2.36. The Bertz CT molecular complexity index is 3050. The minimum absolute atomic E-state index is 0.0244. The Morgan fingerprint density at radius 2 is 1.23 bits per heavy atom. The van der Waals surface area contributed by atoms with Gasteiger partial charge in [0.15, 0.2) is 17.4 Å². The van der Waals surface area contributed by atoms with Gasteiger partial charge in [0, 0.05) is 73.5 Å². The molecular weight excluding hydrogens is 984 g/mol. The minimum Gasteiger partial charge on any atom is -0.461 e. The van der Waals surface area contributed by atoms with Gasteiger partial charge in [-0.1, -0.05) is 23.2 Å². The van der Waals surface area contributed by atoms with Crippen molar-refractivity contribution in [1.82, 2.24) is 39.9 Å². The van der Waals surface area contributed by atoms with Crippen molar-refractivity contribution in [3.8, 4) is 34.5 Å². The molecule has 4 amide bonds. The summed E-state index contributed by atoms with van der Waals surface area (Å²) in [4.78, 5) is 69.8. The Kier molecular flexibility index (Phi) is 14.1. The van der Waals surface area contributed by atoms with Crippen molar-refractivity contribution in [2.45, 2.75) is 70.6 Å². The zero-order valence-electron chi connectivity index (χ0n) is 40.3. The number of amides is 4. The number of nitrogens with one attached hydrogen (secondary N) is 2. The maximum absolute atomic E-state index is 13.6. The molecule has 6 aromatic heterocycles. The van der Waals surface area contributed by atoms with Crippen LogP contribution in [0.1, 0.15) is 38.1 Å². The molecule has 11 heterocycles. The van der Waals surface area contributed by atoms with E-state index >= 15 is 0 Å². The molecule has 0 aromatic carbocycles.